The summed E-state index contributed by atoms with van der Waals surface area (Å²) >= 11 is 6.10. The molecule has 1 saturated carbocycles. The van der Waals surface area contributed by atoms with Gasteiger partial charge < -0.3 is 15.0 Å². The Bertz CT molecular complexity index is 1260. The smallest absolute Gasteiger partial charge is 0.416 e. The highest BCUT2D eigenvalue weighted by Crippen LogP contribution is 2.43. The van der Waals surface area contributed by atoms with E-state index in [0.717, 1.165) is 49.2 Å². The fourth-order valence-electron chi connectivity index (χ4n) is 5.62. The number of aromatic nitrogens is 2. The Morgan fingerprint density at radius 2 is 1.82 bits per heavy atom. The van der Waals surface area contributed by atoms with Crippen LogP contribution in [-0.2, 0) is 34.3 Å². The van der Waals surface area contributed by atoms with Crippen molar-refractivity contribution in [1.82, 2.24) is 19.6 Å². The van der Waals surface area contributed by atoms with Crippen LogP contribution in [0.1, 0.15) is 69.7 Å². The predicted molar refractivity (Wildman–Crippen MR) is 139 cm³/mol. The van der Waals surface area contributed by atoms with Gasteiger partial charge in [-0.1, -0.05) is 11.6 Å². The van der Waals surface area contributed by atoms with Crippen molar-refractivity contribution >= 4 is 29.3 Å². The third-order valence-electron chi connectivity index (χ3n) is 7.87. The van der Waals surface area contributed by atoms with Crippen molar-refractivity contribution in [3.63, 3.8) is 0 Å². The zero-order chi connectivity index (χ0) is 28.2. The molecule has 1 saturated heterocycles. The molecule has 3 aliphatic rings. The van der Waals surface area contributed by atoms with Gasteiger partial charge in [0.05, 0.1) is 28.2 Å². The third-order valence-corrected chi connectivity index (χ3v) is 8.18. The van der Waals surface area contributed by atoms with Crippen LogP contribution in [0.4, 0.5) is 23.7 Å². The number of amides is 2. The van der Waals surface area contributed by atoms with E-state index in [1.807, 2.05) is 31.6 Å². The maximum Gasteiger partial charge on any atom is 0.416 e. The van der Waals surface area contributed by atoms with Crippen LogP contribution in [0.3, 0.4) is 0 Å². The van der Waals surface area contributed by atoms with E-state index in [1.165, 1.54) is 6.07 Å². The number of nitrogens with zero attached hydrogens (tertiary/aromatic N) is 4. The lowest BCUT2D eigenvalue weighted by atomic mass is 9.75. The van der Waals surface area contributed by atoms with E-state index in [0.29, 0.717) is 38.5 Å². The van der Waals surface area contributed by atoms with Gasteiger partial charge in [-0.3, -0.25) is 14.4 Å². The van der Waals surface area contributed by atoms with Crippen molar-refractivity contribution in [2.45, 2.75) is 89.3 Å². The first-order valence-electron chi connectivity index (χ1n) is 13.2. The largest absolute Gasteiger partial charge is 0.444 e. The van der Waals surface area contributed by atoms with Crippen molar-refractivity contribution in [2.75, 3.05) is 18.4 Å². The average Bonchev–Trinajstić information content (AvgIpc) is 3.40. The zero-order valence-corrected chi connectivity index (χ0v) is 23.0. The Morgan fingerprint density at radius 1 is 1.13 bits per heavy atom. The van der Waals surface area contributed by atoms with Crippen LogP contribution in [0.2, 0.25) is 5.02 Å². The Morgan fingerprint density at radius 3 is 2.38 bits per heavy atom. The van der Waals surface area contributed by atoms with Crippen molar-refractivity contribution in [1.29, 1.82) is 0 Å². The molecular weight excluding hydrogens is 535 g/mol. The first-order chi connectivity index (χ1) is 18.3. The van der Waals surface area contributed by atoms with E-state index >= 15 is 0 Å². The summed E-state index contributed by atoms with van der Waals surface area (Å²) in [6.45, 7) is 8.18. The molecule has 2 fully saturated rings. The van der Waals surface area contributed by atoms with E-state index in [4.69, 9.17) is 16.3 Å². The van der Waals surface area contributed by atoms with Gasteiger partial charge in [-0.05, 0) is 71.1 Å². The molecule has 0 unspecified atom stereocenters. The van der Waals surface area contributed by atoms with Gasteiger partial charge in [-0.2, -0.15) is 18.3 Å². The maximum atomic E-state index is 13.5. The van der Waals surface area contributed by atoms with Crippen molar-refractivity contribution in [2.24, 2.45) is 0 Å². The number of alkyl halides is 3. The summed E-state index contributed by atoms with van der Waals surface area (Å²) in [5.74, 6) is -0.328. The highest BCUT2D eigenvalue weighted by molar-refractivity contribution is 6.33. The van der Waals surface area contributed by atoms with E-state index in [-0.39, 0.29) is 22.7 Å². The minimum atomic E-state index is -4.52. The molecule has 1 aromatic carbocycles. The second kappa shape index (κ2) is 9.99. The van der Waals surface area contributed by atoms with Gasteiger partial charge in [0.15, 0.2) is 0 Å². The minimum Gasteiger partial charge on any atom is -0.444 e. The number of rotatable bonds is 4. The van der Waals surface area contributed by atoms with Crippen LogP contribution in [0, 0.1) is 0 Å². The molecule has 8 nitrogen and oxygen atoms in total. The summed E-state index contributed by atoms with van der Waals surface area (Å²) in [7, 11) is 0. The number of ether oxygens (including phenoxy) is 1. The number of hydrogen-bond acceptors (Lipinski definition) is 5. The molecule has 39 heavy (non-hydrogen) atoms. The molecule has 2 aliphatic heterocycles. The first kappa shape index (κ1) is 27.8. The fourth-order valence-corrected chi connectivity index (χ4v) is 5.85. The number of anilines is 1. The SMILES string of the molecule is CC(C)(C)OC(=O)N1CCC(N2Cc3cnn(C4(C(=O)Nc5ccc(C(F)(F)F)cc5Cl)CCC4)c3C2)CC1. The first-order valence-corrected chi connectivity index (χ1v) is 13.6. The van der Waals surface area contributed by atoms with Gasteiger partial charge in [0.25, 0.3) is 5.91 Å². The molecule has 1 aliphatic carbocycles. The predicted octanol–water partition coefficient (Wildman–Crippen LogP) is 5.79. The van der Waals surface area contributed by atoms with Crippen LogP contribution in [0.15, 0.2) is 24.4 Å². The van der Waals surface area contributed by atoms with Crippen molar-refractivity contribution in [3.05, 3.63) is 46.2 Å². The van der Waals surface area contributed by atoms with Crippen LogP contribution in [0.5, 0.6) is 0 Å². The molecule has 212 valence electrons. The number of likely N-dealkylation sites (tertiary alicyclic amines) is 1. The van der Waals surface area contributed by atoms with Crippen molar-refractivity contribution < 1.29 is 27.5 Å². The van der Waals surface area contributed by atoms with Crippen molar-refractivity contribution in [3.8, 4) is 0 Å². The van der Waals surface area contributed by atoms with Gasteiger partial charge >= 0.3 is 12.3 Å². The fraction of sp³-hybridized carbons (Fsp3) is 0.593. The highest BCUT2D eigenvalue weighted by atomic mass is 35.5. The summed E-state index contributed by atoms with van der Waals surface area (Å²) in [4.78, 5) is 30.1. The normalized spacial score (nSPS) is 19.9. The second-order valence-electron chi connectivity index (χ2n) is 11.7. The number of carbonyl (C=O) groups excluding carboxylic acids is 2. The zero-order valence-electron chi connectivity index (χ0n) is 22.3. The monoisotopic (exact) mass is 567 g/mol. The molecule has 1 aromatic heterocycles. The molecule has 3 heterocycles. The number of benzene rings is 1. The number of carbonyl (C=O) groups is 2. The molecule has 12 heteroatoms. The molecule has 1 N–H and O–H groups in total. The highest BCUT2D eigenvalue weighted by Gasteiger charge is 2.49. The molecule has 2 aromatic rings. The van der Waals surface area contributed by atoms with E-state index in [2.05, 4.69) is 15.3 Å². The quantitative estimate of drug-likeness (QED) is 0.506. The van der Waals surface area contributed by atoms with Gasteiger partial charge in [0.1, 0.15) is 11.1 Å². The number of fused-ring (bicyclic) bond motifs is 1. The van der Waals surface area contributed by atoms with Gasteiger partial charge in [0, 0.05) is 37.8 Å². The summed E-state index contributed by atoms with van der Waals surface area (Å²) in [6, 6.07) is 3.21. The molecule has 0 spiro atoms. The molecule has 5 rings (SSSR count). The van der Waals surface area contributed by atoms with E-state index in [9.17, 15) is 22.8 Å². The van der Waals surface area contributed by atoms with Gasteiger partial charge in [-0.25, -0.2) is 4.79 Å². The average molecular weight is 568 g/mol. The summed E-state index contributed by atoms with van der Waals surface area (Å²) in [5.41, 5.74) is -0.115. The lowest BCUT2D eigenvalue weighted by Crippen LogP contribution is -2.52. The summed E-state index contributed by atoms with van der Waals surface area (Å²) < 4.78 is 46.4. The maximum absolute atomic E-state index is 13.5. The van der Waals surface area contributed by atoms with Gasteiger partial charge in [-0.15, -0.1) is 0 Å². The Hall–Kier alpha value is -2.79. The number of piperidine rings is 1. The summed E-state index contributed by atoms with van der Waals surface area (Å²) in [6.07, 6.45) is 0.671. The topological polar surface area (TPSA) is 79.7 Å². The Balaban J connectivity index is 1.25. The van der Waals surface area contributed by atoms with Crippen LogP contribution in [-0.4, -0.2) is 56.3 Å². The molecular formula is C27H33ClF3N5O3. The molecule has 0 radical (unpaired) electrons. The lowest BCUT2D eigenvalue weighted by molar-refractivity contribution is -0.137. The standard InChI is InChI=1S/C27H33ClF3N5O3/c1-25(2,3)39-24(38)34-11-7-19(8-12-34)35-15-17-14-32-36(22(17)16-35)26(9-4-10-26)23(37)33-21-6-5-18(13-20(21)28)27(29,30)31/h5-6,13-14,19H,4,7-12,15-16H2,1-3H3,(H,33,37). The van der Waals surface area contributed by atoms with Crippen LogP contribution < -0.4 is 5.32 Å². The van der Waals surface area contributed by atoms with E-state index in [1.54, 1.807) is 4.90 Å². The second-order valence-corrected chi connectivity index (χ2v) is 12.1. The number of hydrogen-bond donors (Lipinski definition) is 1. The van der Waals surface area contributed by atoms with Crippen LogP contribution >= 0.6 is 11.6 Å². The van der Waals surface area contributed by atoms with Crippen LogP contribution in [0.25, 0.3) is 0 Å². The molecule has 0 atom stereocenters. The van der Waals surface area contributed by atoms with E-state index < -0.39 is 22.9 Å². The van der Waals surface area contributed by atoms with Gasteiger partial charge in [0.2, 0.25) is 0 Å². The molecule has 0 bridgehead atoms. The molecule has 2 amide bonds. The lowest BCUT2D eigenvalue weighted by Gasteiger charge is -2.41. The number of halogens is 4. The Kier molecular flexibility index (Phi) is 7.12. The third kappa shape index (κ3) is 5.48. The number of nitrogens with one attached hydrogen (secondary N) is 1. The summed E-state index contributed by atoms with van der Waals surface area (Å²) in [5, 5.41) is 7.18. The minimum absolute atomic E-state index is 0.142. The Labute approximate surface area is 230 Å².